The molecule has 0 amide bonds. The van der Waals surface area contributed by atoms with Gasteiger partial charge < -0.3 is 19.5 Å². The van der Waals surface area contributed by atoms with Crippen LogP contribution in [0.5, 0.6) is 5.75 Å². The van der Waals surface area contributed by atoms with E-state index in [-0.39, 0.29) is 0 Å². The molecule has 1 rings (SSSR count). The summed E-state index contributed by atoms with van der Waals surface area (Å²) in [7, 11) is 3.58. The third kappa shape index (κ3) is 6.92. The first-order valence-corrected chi connectivity index (χ1v) is 7.19. The van der Waals surface area contributed by atoms with E-state index in [1.165, 1.54) is 5.56 Å². The van der Waals surface area contributed by atoms with Crippen LogP contribution < -0.4 is 10.1 Å². The first-order chi connectivity index (χ1) is 9.27. The van der Waals surface area contributed by atoms with Crippen molar-refractivity contribution in [3.63, 3.8) is 0 Å². The molecule has 0 fully saturated rings. The van der Waals surface area contributed by atoms with E-state index in [4.69, 9.17) is 14.2 Å². The Morgan fingerprint density at radius 3 is 2.68 bits per heavy atom. The van der Waals surface area contributed by atoms with Gasteiger partial charge in [0.1, 0.15) is 12.4 Å². The summed E-state index contributed by atoms with van der Waals surface area (Å²) in [6.45, 7) is 3.51. The lowest BCUT2D eigenvalue weighted by molar-refractivity contribution is 0.140. The van der Waals surface area contributed by atoms with E-state index >= 15 is 0 Å². The molecule has 0 bridgehead atoms. The SMILES string of the molecule is CNCCOCCc1ccc(OCCOC)c(Br)c1. The van der Waals surface area contributed by atoms with Crippen molar-refractivity contribution in [1.82, 2.24) is 5.32 Å². The second-order valence-corrected chi connectivity index (χ2v) is 4.93. The first-order valence-electron chi connectivity index (χ1n) is 6.40. The maximum atomic E-state index is 5.58. The predicted molar refractivity (Wildman–Crippen MR) is 80.0 cm³/mol. The molecule has 0 aliphatic rings. The van der Waals surface area contributed by atoms with Gasteiger partial charge in [-0.25, -0.2) is 0 Å². The summed E-state index contributed by atoms with van der Waals surface area (Å²) in [4.78, 5) is 0. The third-order valence-corrected chi connectivity index (χ3v) is 3.19. The molecule has 108 valence electrons. The summed E-state index contributed by atoms with van der Waals surface area (Å²) >= 11 is 3.52. The number of hydrogen-bond donors (Lipinski definition) is 1. The quantitative estimate of drug-likeness (QED) is 0.667. The summed E-state index contributed by atoms with van der Waals surface area (Å²) in [6.07, 6.45) is 0.903. The van der Waals surface area contributed by atoms with Gasteiger partial charge >= 0.3 is 0 Å². The topological polar surface area (TPSA) is 39.7 Å². The summed E-state index contributed by atoms with van der Waals surface area (Å²) < 4.78 is 17.0. The van der Waals surface area contributed by atoms with Crippen molar-refractivity contribution in [1.29, 1.82) is 0 Å². The van der Waals surface area contributed by atoms with E-state index in [1.54, 1.807) is 7.11 Å². The number of methoxy groups -OCH3 is 1. The minimum Gasteiger partial charge on any atom is -0.490 e. The van der Waals surface area contributed by atoms with Gasteiger partial charge in [-0.1, -0.05) is 6.07 Å². The summed E-state index contributed by atoms with van der Waals surface area (Å²) in [5.41, 5.74) is 1.23. The van der Waals surface area contributed by atoms with Gasteiger partial charge in [0.25, 0.3) is 0 Å². The molecule has 19 heavy (non-hydrogen) atoms. The number of halogens is 1. The van der Waals surface area contributed by atoms with Gasteiger partial charge in [-0.3, -0.25) is 0 Å². The maximum Gasteiger partial charge on any atom is 0.133 e. The molecule has 1 aromatic carbocycles. The van der Waals surface area contributed by atoms with Crippen LogP contribution in [0.1, 0.15) is 5.56 Å². The summed E-state index contributed by atoms with van der Waals surface area (Å²) in [5, 5.41) is 3.05. The summed E-state index contributed by atoms with van der Waals surface area (Å²) in [5.74, 6) is 0.844. The molecular formula is C14H22BrNO3. The van der Waals surface area contributed by atoms with Crippen molar-refractivity contribution in [3.05, 3.63) is 28.2 Å². The molecule has 0 heterocycles. The Kier molecular flexibility index (Phi) is 8.82. The van der Waals surface area contributed by atoms with Crippen LogP contribution in [0.3, 0.4) is 0 Å². The fourth-order valence-electron chi connectivity index (χ4n) is 1.52. The average Bonchev–Trinajstić information content (AvgIpc) is 2.41. The molecule has 0 radical (unpaired) electrons. The Labute approximate surface area is 123 Å². The lowest BCUT2D eigenvalue weighted by Crippen LogP contribution is -2.15. The van der Waals surface area contributed by atoms with E-state index < -0.39 is 0 Å². The molecule has 1 aromatic rings. The predicted octanol–water partition coefficient (Wildman–Crippen LogP) is 2.25. The second kappa shape index (κ2) is 10.2. The third-order valence-electron chi connectivity index (χ3n) is 2.57. The smallest absolute Gasteiger partial charge is 0.133 e. The Bertz CT molecular complexity index is 361. The van der Waals surface area contributed by atoms with Crippen LogP contribution in [-0.4, -0.2) is 47.1 Å². The fourth-order valence-corrected chi connectivity index (χ4v) is 2.06. The molecule has 0 saturated carbocycles. The van der Waals surface area contributed by atoms with E-state index in [2.05, 4.69) is 33.4 Å². The van der Waals surface area contributed by atoms with E-state index in [1.807, 2.05) is 13.1 Å². The molecule has 0 aliphatic heterocycles. The lowest BCUT2D eigenvalue weighted by atomic mass is 10.1. The number of nitrogens with one attached hydrogen (secondary N) is 1. The van der Waals surface area contributed by atoms with Crippen LogP contribution in [0.4, 0.5) is 0 Å². The van der Waals surface area contributed by atoms with Gasteiger partial charge in [0.15, 0.2) is 0 Å². The molecule has 5 heteroatoms. The first kappa shape index (κ1) is 16.4. The highest BCUT2D eigenvalue weighted by Crippen LogP contribution is 2.26. The van der Waals surface area contributed by atoms with Crippen molar-refractivity contribution in [2.75, 3.05) is 47.1 Å². The van der Waals surface area contributed by atoms with Crippen LogP contribution in [0.15, 0.2) is 22.7 Å². The van der Waals surface area contributed by atoms with Crippen LogP contribution in [0.2, 0.25) is 0 Å². The minimum atomic E-state index is 0.557. The number of hydrogen-bond acceptors (Lipinski definition) is 4. The molecule has 4 nitrogen and oxygen atoms in total. The number of benzene rings is 1. The Hall–Kier alpha value is -0.620. The maximum absolute atomic E-state index is 5.58. The zero-order valence-corrected chi connectivity index (χ0v) is 13.2. The molecular weight excluding hydrogens is 310 g/mol. The van der Waals surface area contributed by atoms with E-state index in [0.717, 1.165) is 36.4 Å². The molecule has 0 atom stereocenters. The Morgan fingerprint density at radius 2 is 2.00 bits per heavy atom. The molecule has 0 unspecified atom stereocenters. The van der Waals surface area contributed by atoms with Crippen molar-refractivity contribution < 1.29 is 14.2 Å². The van der Waals surface area contributed by atoms with Crippen LogP contribution >= 0.6 is 15.9 Å². The normalized spacial score (nSPS) is 10.7. The van der Waals surface area contributed by atoms with Crippen molar-refractivity contribution in [2.24, 2.45) is 0 Å². The van der Waals surface area contributed by atoms with Gasteiger partial charge in [-0.2, -0.15) is 0 Å². The molecule has 1 N–H and O–H groups in total. The van der Waals surface area contributed by atoms with Gasteiger partial charge in [-0.15, -0.1) is 0 Å². The fraction of sp³-hybridized carbons (Fsp3) is 0.571. The van der Waals surface area contributed by atoms with Gasteiger partial charge in [0.2, 0.25) is 0 Å². The van der Waals surface area contributed by atoms with Crippen LogP contribution in [0.25, 0.3) is 0 Å². The van der Waals surface area contributed by atoms with Crippen LogP contribution in [0, 0.1) is 0 Å². The zero-order chi connectivity index (χ0) is 13.9. The molecule has 0 spiro atoms. The molecule has 0 aliphatic carbocycles. The van der Waals surface area contributed by atoms with E-state index in [0.29, 0.717) is 13.2 Å². The van der Waals surface area contributed by atoms with Crippen molar-refractivity contribution in [3.8, 4) is 5.75 Å². The standard InChI is InChI=1S/C14H22BrNO3/c1-16-6-8-18-7-5-12-3-4-14(13(15)11-12)19-10-9-17-2/h3-4,11,16H,5-10H2,1-2H3. The highest BCUT2D eigenvalue weighted by molar-refractivity contribution is 9.10. The second-order valence-electron chi connectivity index (χ2n) is 4.07. The van der Waals surface area contributed by atoms with Gasteiger partial charge in [0.05, 0.1) is 24.3 Å². The van der Waals surface area contributed by atoms with Crippen molar-refractivity contribution >= 4 is 15.9 Å². The zero-order valence-electron chi connectivity index (χ0n) is 11.6. The van der Waals surface area contributed by atoms with Crippen LogP contribution in [-0.2, 0) is 15.9 Å². The summed E-state index contributed by atoms with van der Waals surface area (Å²) in [6, 6.07) is 6.11. The van der Waals surface area contributed by atoms with E-state index in [9.17, 15) is 0 Å². The Morgan fingerprint density at radius 1 is 1.16 bits per heavy atom. The highest BCUT2D eigenvalue weighted by Gasteiger charge is 2.03. The molecule has 0 saturated heterocycles. The average molecular weight is 332 g/mol. The number of likely N-dealkylation sites (N-methyl/N-ethyl adjacent to an activating group) is 1. The molecule has 0 aromatic heterocycles. The highest BCUT2D eigenvalue weighted by atomic mass is 79.9. The van der Waals surface area contributed by atoms with Crippen molar-refractivity contribution in [2.45, 2.75) is 6.42 Å². The minimum absolute atomic E-state index is 0.557. The lowest BCUT2D eigenvalue weighted by Gasteiger charge is -2.09. The monoisotopic (exact) mass is 331 g/mol. The number of rotatable bonds is 10. The Balaban J connectivity index is 2.34. The largest absolute Gasteiger partial charge is 0.490 e. The van der Waals surface area contributed by atoms with Gasteiger partial charge in [-0.05, 0) is 47.1 Å². The van der Waals surface area contributed by atoms with Gasteiger partial charge in [0, 0.05) is 13.7 Å². The number of ether oxygens (including phenoxy) is 3.